The SMILES string of the molecule is COC(=O)c1ccc(OC[C@H]2c3cc(OC)c(OC)cc3CCN2C(=O)c2ccccc2C(F)(F)F)cc1. The lowest BCUT2D eigenvalue weighted by atomic mass is 9.91. The summed E-state index contributed by atoms with van der Waals surface area (Å²) in [5, 5.41) is 0. The van der Waals surface area contributed by atoms with Gasteiger partial charge in [-0.2, -0.15) is 13.2 Å². The second-order valence-electron chi connectivity index (χ2n) is 8.54. The van der Waals surface area contributed by atoms with Crippen LogP contribution in [0.25, 0.3) is 0 Å². The molecule has 1 amide bonds. The van der Waals surface area contributed by atoms with Crippen LogP contribution in [-0.4, -0.2) is 51.3 Å². The van der Waals surface area contributed by atoms with E-state index in [4.69, 9.17) is 18.9 Å². The van der Waals surface area contributed by atoms with Crippen molar-refractivity contribution in [3.05, 3.63) is 88.5 Å². The number of fused-ring (bicyclic) bond motifs is 1. The zero-order valence-corrected chi connectivity index (χ0v) is 21.0. The number of amides is 1. The molecule has 0 unspecified atom stereocenters. The van der Waals surface area contributed by atoms with E-state index >= 15 is 0 Å². The molecule has 0 aromatic heterocycles. The second-order valence-corrected chi connectivity index (χ2v) is 8.54. The minimum atomic E-state index is -4.69. The highest BCUT2D eigenvalue weighted by Gasteiger charge is 2.39. The van der Waals surface area contributed by atoms with E-state index in [-0.39, 0.29) is 13.2 Å². The van der Waals surface area contributed by atoms with Crippen molar-refractivity contribution in [1.82, 2.24) is 4.90 Å². The van der Waals surface area contributed by atoms with E-state index in [2.05, 4.69) is 0 Å². The van der Waals surface area contributed by atoms with Crippen molar-refractivity contribution in [3.8, 4) is 17.2 Å². The Bertz CT molecular complexity index is 1320. The number of hydrogen-bond acceptors (Lipinski definition) is 6. The summed E-state index contributed by atoms with van der Waals surface area (Å²) in [5.41, 5.74) is 0.446. The number of halogens is 3. The standard InChI is InChI=1S/C28H26F3NO6/c1-35-24-14-18-12-13-32(26(33)20-6-4-5-7-22(20)28(29,30)31)23(21(18)15-25(24)36-2)16-38-19-10-8-17(9-11-19)27(34)37-3/h4-11,14-15,23H,12-13,16H2,1-3H3/t23-/m0/s1. The van der Waals surface area contributed by atoms with Gasteiger partial charge in [0, 0.05) is 6.54 Å². The number of hydrogen-bond donors (Lipinski definition) is 0. The summed E-state index contributed by atoms with van der Waals surface area (Å²) in [6.45, 7) is 0.114. The van der Waals surface area contributed by atoms with E-state index in [9.17, 15) is 22.8 Å². The van der Waals surface area contributed by atoms with Gasteiger partial charge in [0.15, 0.2) is 11.5 Å². The van der Waals surface area contributed by atoms with Crippen molar-refractivity contribution >= 4 is 11.9 Å². The number of ether oxygens (including phenoxy) is 4. The fourth-order valence-electron chi connectivity index (χ4n) is 4.50. The average Bonchev–Trinajstić information content (AvgIpc) is 2.94. The maximum Gasteiger partial charge on any atom is 0.417 e. The maximum atomic E-state index is 13.7. The number of benzene rings is 3. The van der Waals surface area contributed by atoms with Crippen LogP contribution < -0.4 is 14.2 Å². The molecule has 0 spiro atoms. The molecule has 1 atom stereocenters. The number of esters is 1. The summed E-state index contributed by atoms with van der Waals surface area (Å²) >= 11 is 0. The van der Waals surface area contributed by atoms with Crippen LogP contribution in [0.4, 0.5) is 13.2 Å². The monoisotopic (exact) mass is 529 g/mol. The molecule has 0 bridgehead atoms. The lowest BCUT2D eigenvalue weighted by Crippen LogP contribution is -2.43. The molecule has 4 rings (SSSR count). The number of methoxy groups -OCH3 is 3. The van der Waals surface area contributed by atoms with Crippen LogP contribution >= 0.6 is 0 Å². The molecule has 0 saturated heterocycles. The smallest absolute Gasteiger partial charge is 0.417 e. The molecule has 3 aromatic carbocycles. The predicted octanol–water partition coefficient (Wildman–Crippen LogP) is 5.33. The van der Waals surface area contributed by atoms with Gasteiger partial charge in [0.25, 0.3) is 5.91 Å². The highest BCUT2D eigenvalue weighted by molar-refractivity contribution is 5.96. The first-order chi connectivity index (χ1) is 18.2. The summed E-state index contributed by atoms with van der Waals surface area (Å²) in [6.07, 6.45) is -4.29. The third kappa shape index (κ3) is 5.39. The molecule has 0 aliphatic carbocycles. The molecule has 10 heteroatoms. The van der Waals surface area contributed by atoms with Gasteiger partial charge >= 0.3 is 12.1 Å². The average molecular weight is 530 g/mol. The van der Waals surface area contributed by atoms with E-state index < -0.39 is 35.2 Å². The van der Waals surface area contributed by atoms with Gasteiger partial charge < -0.3 is 23.8 Å². The van der Waals surface area contributed by atoms with Crippen LogP contribution in [0.1, 0.15) is 43.4 Å². The van der Waals surface area contributed by atoms with Gasteiger partial charge in [0.2, 0.25) is 0 Å². The maximum absolute atomic E-state index is 13.7. The Hall–Kier alpha value is -4.21. The number of carbonyl (C=O) groups excluding carboxylic acids is 2. The minimum absolute atomic E-state index is 0.0556. The minimum Gasteiger partial charge on any atom is -0.493 e. The van der Waals surface area contributed by atoms with Crippen LogP contribution in [0.2, 0.25) is 0 Å². The fraction of sp³-hybridized carbons (Fsp3) is 0.286. The highest BCUT2D eigenvalue weighted by atomic mass is 19.4. The van der Waals surface area contributed by atoms with Gasteiger partial charge in [-0.1, -0.05) is 12.1 Å². The van der Waals surface area contributed by atoms with Gasteiger partial charge in [-0.3, -0.25) is 4.79 Å². The summed E-state index contributed by atoms with van der Waals surface area (Å²) in [4.78, 5) is 26.7. The summed E-state index contributed by atoms with van der Waals surface area (Å²) in [7, 11) is 4.26. The van der Waals surface area contributed by atoms with Gasteiger partial charge in [-0.25, -0.2) is 4.79 Å². The van der Waals surface area contributed by atoms with Gasteiger partial charge in [-0.05, 0) is 66.1 Å². The molecule has 1 heterocycles. The molecule has 200 valence electrons. The van der Waals surface area contributed by atoms with Crippen molar-refractivity contribution in [2.75, 3.05) is 34.5 Å². The van der Waals surface area contributed by atoms with E-state index in [0.29, 0.717) is 34.8 Å². The Balaban J connectivity index is 1.71. The van der Waals surface area contributed by atoms with E-state index in [0.717, 1.165) is 11.6 Å². The Morgan fingerprint density at radius 1 is 0.947 bits per heavy atom. The van der Waals surface area contributed by atoms with Crippen LogP contribution in [0.3, 0.4) is 0 Å². The molecule has 0 saturated carbocycles. The van der Waals surface area contributed by atoms with Gasteiger partial charge in [0.1, 0.15) is 12.4 Å². The van der Waals surface area contributed by atoms with E-state index in [1.54, 1.807) is 24.3 Å². The lowest BCUT2D eigenvalue weighted by molar-refractivity contribution is -0.138. The van der Waals surface area contributed by atoms with Crippen molar-refractivity contribution in [2.24, 2.45) is 0 Å². The lowest BCUT2D eigenvalue weighted by Gasteiger charge is -2.38. The van der Waals surface area contributed by atoms with E-state index in [1.165, 1.54) is 56.6 Å². The quantitative estimate of drug-likeness (QED) is 0.386. The number of rotatable bonds is 7. The molecular formula is C28H26F3NO6. The van der Waals surface area contributed by atoms with Crippen LogP contribution in [-0.2, 0) is 17.3 Å². The number of nitrogens with zero attached hydrogens (tertiary/aromatic N) is 1. The Labute approximate surface area is 217 Å². The Kier molecular flexibility index (Phi) is 7.80. The summed E-state index contributed by atoms with van der Waals surface area (Å²) in [5.74, 6) is 0.0791. The van der Waals surface area contributed by atoms with Crippen LogP contribution in [0.15, 0.2) is 60.7 Å². The first-order valence-electron chi connectivity index (χ1n) is 11.7. The largest absolute Gasteiger partial charge is 0.493 e. The van der Waals surface area contributed by atoms with Crippen molar-refractivity contribution < 1.29 is 41.7 Å². The first kappa shape index (κ1) is 26.8. The Morgan fingerprint density at radius 2 is 1.61 bits per heavy atom. The van der Waals surface area contributed by atoms with Crippen LogP contribution in [0, 0.1) is 0 Å². The molecular weight excluding hydrogens is 503 g/mol. The Morgan fingerprint density at radius 3 is 2.24 bits per heavy atom. The molecule has 1 aliphatic heterocycles. The van der Waals surface area contributed by atoms with Gasteiger partial charge in [0.05, 0.1) is 44.1 Å². The topological polar surface area (TPSA) is 74.3 Å². The first-order valence-corrected chi connectivity index (χ1v) is 11.7. The van der Waals surface area contributed by atoms with Crippen molar-refractivity contribution in [2.45, 2.75) is 18.6 Å². The third-order valence-corrected chi connectivity index (χ3v) is 6.41. The fourth-order valence-corrected chi connectivity index (χ4v) is 4.50. The normalized spacial score (nSPS) is 14.9. The predicted molar refractivity (Wildman–Crippen MR) is 132 cm³/mol. The van der Waals surface area contributed by atoms with Crippen molar-refractivity contribution in [1.29, 1.82) is 0 Å². The molecule has 3 aromatic rings. The number of carbonyl (C=O) groups is 2. The third-order valence-electron chi connectivity index (χ3n) is 6.41. The highest BCUT2D eigenvalue weighted by Crippen LogP contribution is 2.40. The molecule has 7 nitrogen and oxygen atoms in total. The summed E-state index contributed by atoms with van der Waals surface area (Å²) in [6, 6.07) is 13.8. The molecule has 0 N–H and O–H groups in total. The molecule has 38 heavy (non-hydrogen) atoms. The number of alkyl halides is 3. The summed E-state index contributed by atoms with van der Waals surface area (Å²) < 4.78 is 62.7. The molecule has 0 fully saturated rings. The zero-order valence-electron chi connectivity index (χ0n) is 21.0. The van der Waals surface area contributed by atoms with Crippen LogP contribution in [0.5, 0.6) is 17.2 Å². The molecule has 1 aliphatic rings. The zero-order chi connectivity index (χ0) is 27.4. The van der Waals surface area contributed by atoms with E-state index in [1.807, 2.05) is 0 Å². The molecule has 0 radical (unpaired) electrons. The second kappa shape index (κ2) is 11.0. The van der Waals surface area contributed by atoms with Gasteiger partial charge in [-0.15, -0.1) is 0 Å². The van der Waals surface area contributed by atoms with Crippen molar-refractivity contribution in [3.63, 3.8) is 0 Å².